The van der Waals surface area contributed by atoms with Gasteiger partial charge in [-0.25, -0.2) is 4.98 Å². The molecule has 2 aromatic rings. The molecule has 0 fully saturated rings. The number of oxazole rings is 1. The molecular formula is C18H30IN5O2. The lowest BCUT2D eigenvalue weighted by atomic mass is 9.94. The molecule has 0 bridgehead atoms. The van der Waals surface area contributed by atoms with Gasteiger partial charge in [-0.15, -0.1) is 24.0 Å². The molecule has 0 atom stereocenters. The Kier molecular flexibility index (Phi) is 8.58. The van der Waals surface area contributed by atoms with Gasteiger partial charge in [0.2, 0.25) is 5.89 Å². The van der Waals surface area contributed by atoms with E-state index in [0.717, 1.165) is 42.6 Å². The summed E-state index contributed by atoms with van der Waals surface area (Å²) in [4.78, 5) is 8.53. The summed E-state index contributed by atoms with van der Waals surface area (Å²) in [7, 11) is 1.75. The summed E-state index contributed by atoms with van der Waals surface area (Å²) in [5.41, 5.74) is 2.13. The highest BCUT2D eigenvalue weighted by molar-refractivity contribution is 14.0. The van der Waals surface area contributed by atoms with Crippen molar-refractivity contribution in [2.45, 2.75) is 59.4 Å². The molecule has 2 rings (SSSR count). The average molecular weight is 475 g/mol. The standard InChI is InChI=1S/C18H29N5O2.HI/c1-12-14(13(2)25-23-12)8-7-9-20-17(19-6)22-11-16-21-10-15(24-16)18(3,4)5;/h10H,7-9,11H2,1-6H3,(H2,19,20,22);1H. The molecule has 8 heteroatoms. The SMILES string of the molecule is CN=C(NCCCc1c(C)noc1C)NCc1ncc(C(C)(C)C)o1.I. The van der Waals surface area contributed by atoms with Crippen molar-refractivity contribution in [3.8, 4) is 0 Å². The summed E-state index contributed by atoms with van der Waals surface area (Å²) in [6, 6.07) is 0. The van der Waals surface area contributed by atoms with Crippen LogP contribution in [-0.4, -0.2) is 29.7 Å². The van der Waals surface area contributed by atoms with Gasteiger partial charge in [-0.1, -0.05) is 25.9 Å². The normalized spacial score (nSPS) is 12.0. The summed E-state index contributed by atoms with van der Waals surface area (Å²) in [5, 5.41) is 10.5. The fourth-order valence-corrected chi connectivity index (χ4v) is 2.45. The van der Waals surface area contributed by atoms with E-state index in [9.17, 15) is 0 Å². The molecule has 0 aliphatic rings. The largest absolute Gasteiger partial charge is 0.443 e. The van der Waals surface area contributed by atoms with Crippen LogP contribution >= 0.6 is 24.0 Å². The summed E-state index contributed by atoms with van der Waals surface area (Å²) >= 11 is 0. The Morgan fingerprint density at radius 1 is 1.23 bits per heavy atom. The van der Waals surface area contributed by atoms with Gasteiger partial charge in [-0.2, -0.15) is 0 Å². The molecule has 7 nitrogen and oxygen atoms in total. The highest BCUT2D eigenvalue weighted by atomic mass is 127. The molecule has 0 aliphatic carbocycles. The average Bonchev–Trinajstić information content (AvgIpc) is 3.15. The second-order valence-corrected chi connectivity index (χ2v) is 7.13. The van der Waals surface area contributed by atoms with Crippen molar-refractivity contribution in [1.29, 1.82) is 0 Å². The van der Waals surface area contributed by atoms with E-state index in [-0.39, 0.29) is 29.4 Å². The molecule has 0 unspecified atom stereocenters. The molecule has 146 valence electrons. The van der Waals surface area contributed by atoms with Gasteiger partial charge in [0, 0.05) is 24.6 Å². The number of halogens is 1. The second kappa shape index (κ2) is 9.94. The molecule has 0 aromatic carbocycles. The lowest BCUT2D eigenvalue weighted by Crippen LogP contribution is -2.37. The van der Waals surface area contributed by atoms with E-state index in [1.54, 1.807) is 13.2 Å². The molecule has 2 aromatic heterocycles. The Morgan fingerprint density at radius 3 is 2.50 bits per heavy atom. The van der Waals surface area contributed by atoms with E-state index >= 15 is 0 Å². The lowest BCUT2D eigenvalue weighted by Gasteiger charge is -2.13. The highest BCUT2D eigenvalue weighted by Gasteiger charge is 2.19. The first-order valence-corrected chi connectivity index (χ1v) is 8.62. The Labute approximate surface area is 172 Å². The van der Waals surface area contributed by atoms with Crippen molar-refractivity contribution in [3.05, 3.63) is 34.9 Å². The van der Waals surface area contributed by atoms with Crippen molar-refractivity contribution in [3.63, 3.8) is 0 Å². The zero-order valence-electron chi connectivity index (χ0n) is 16.5. The predicted octanol–water partition coefficient (Wildman–Crippen LogP) is 3.49. The minimum Gasteiger partial charge on any atom is -0.443 e. The van der Waals surface area contributed by atoms with E-state index in [1.165, 1.54) is 5.56 Å². The van der Waals surface area contributed by atoms with Crippen LogP contribution in [0.25, 0.3) is 0 Å². The van der Waals surface area contributed by atoms with Crippen molar-refractivity contribution in [2.75, 3.05) is 13.6 Å². The van der Waals surface area contributed by atoms with Crippen LogP contribution in [0.3, 0.4) is 0 Å². The van der Waals surface area contributed by atoms with Crippen molar-refractivity contribution in [2.24, 2.45) is 4.99 Å². The van der Waals surface area contributed by atoms with Crippen molar-refractivity contribution in [1.82, 2.24) is 20.8 Å². The van der Waals surface area contributed by atoms with Crippen molar-refractivity contribution < 1.29 is 8.94 Å². The van der Waals surface area contributed by atoms with Crippen LogP contribution in [-0.2, 0) is 18.4 Å². The minimum atomic E-state index is -0.0383. The third-order valence-corrected chi connectivity index (χ3v) is 4.00. The van der Waals surface area contributed by atoms with E-state index in [2.05, 4.69) is 46.5 Å². The predicted molar refractivity (Wildman–Crippen MR) is 113 cm³/mol. The Morgan fingerprint density at radius 2 is 1.96 bits per heavy atom. The summed E-state index contributed by atoms with van der Waals surface area (Å²) in [6.45, 7) is 11.5. The fourth-order valence-electron chi connectivity index (χ4n) is 2.45. The van der Waals surface area contributed by atoms with E-state index in [0.29, 0.717) is 12.4 Å². The smallest absolute Gasteiger partial charge is 0.213 e. The van der Waals surface area contributed by atoms with Crippen LogP contribution in [0.1, 0.15) is 55.9 Å². The Hall–Kier alpha value is -1.58. The van der Waals surface area contributed by atoms with Crippen LogP contribution in [0.15, 0.2) is 20.1 Å². The maximum absolute atomic E-state index is 5.77. The van der Waals surface area contributed by atoms with Crippen LogP contribution in [0.2, 0.25) is 0 Å². The van der Waals surface area contributed by atoms with E-state index in [1.807, 2.05) is 13.8 Å². The molecule has 0 saturated heterocycles. The van der Waals surface area contributed by atoms with E-state index < -0.39 is 0 Å². The molecular weight excluding hydrogens is 445 g/mol. The third kappa shape index (κ3) is 6.30. The quantitative estimate of drug-likeness (QED) is 0.288. The number of nitrogens with one attached hydrogen (secondary N) is 2. The number of guanidine groups is 1. The first-order valence-electron chi connectivity index (χ1n) is 8.62. The number of aromatic nitrogens is 2. The molecule has 0 radical (unpaired) electrons. The van der Waals surface area contributed by atoms with Crippen LogP contribution in [0.5, 0.6) is 0 Å². The van der Waals surface area contributed by atoms with Crippen LogP contribution in [0.4, 0.5) is 0 Å². The van der Waals surface area contributed by atoms with Gasteiger partial charge < -0.3 is 19.6 Å². The Balaban J connectivity index is 0.00000338. The number of nitrogens with zero attached hydrogens (tertiary/aromatic N) is 3. The number of aryl methyl sites for hydroxylation is 2. The summed E-state index contributed by atoms with van der Waals surface area (Å²) in [5.74, 6) is 3.17. The fraction of sp³-hybridized carbons (Fsp3) is 0.611. The van der Waals surface area contributed by atoms with Gasteiger partial charge in [-0.05, 0) is 26.7 Å². The summed E-state index contributed by atoms with van der Waals surface area (Å²) < 4.78 is 11.0. The minimum absolute atomic E-state index is 0. The molecule has 0 aliphatic heterocycles. The number of hydrogen-bond acceptors (Lipinski definition) is 5. The zero-order chi connectivity index (χ0) is 18.4. The molecule has 0 amide bonds. The first-order chi connectivity index (χ1) is 11.8. The first kappa shape index (κ1) is 22.5. The van der Waals surface area contributed by atoms with E-state index in [4.69, 9.17) is 8.94 Å². The Bertz CT molecular complexity index is 696. The monoisotopic (exact) mass is 475 g/mol. The van der Waals surface area contributed by atoms with Crippen LogP contribution < -0.4 is 10.6 Å². The molecule has 0 saturated carbocycles. The maximum atomic E-state index is 5.77. The zero-order valence-corrected chi connectivity index (χ0v) is 18.8. The lowest BCUT2D eigenvalue weighted by molar-refractivity contribution is 0.379. The topological polar surface area (TPSA) is 88.5 Å². The van der Waals surface area contributed by atoms with Gasteiger partial charge in [0.05, 0.1) is 18.4 Å². The summed E-state index contributed by atoms with van der Waals surface area (Å²) in [6.07, 6.45) is 3.69. The molecule has 2 N–H and O–H groups in total. The van der Waals surface area contributed by atoms with Gasteiger partial charge in [0.1, 0.15) is 11.5 Å². The molecule has 26 heavy (non-hydrogen) atoms. The van der Waals surface area contributed by atoms with Gasteiger partial charge in [0.15, 0.2) is 5.96 Å². The second-order valence-electron chi connectivity index (χ2n) is 7.13. The highest BCUT2D eigenvalue weighted by Crippen LogP contribution is 2.22. The molecule has 2 heterocycles. The van der Waals surface area contributed by atoms with Gasteiger partial charge in [-0.3, -0.25) is 4.99 Å². The van der Waals surface area contributed by atoms with Crippen molar-refractivity contribution >= 4 is 29.9 Å². The third-order valence-electron chi connectivity index (χ3n) is 4.00. The number of rotatable bonds is 6. The van der Waals surface area contributed by atoms with Gasteiger partial charge in [0.25, 0.3) is 0 Å². The van der Waals surface area contributed by atoms with Gasteiger partial charge >= 0.3 is 0 Å². The number of hydrogen-bond donors (Lipinski definition) is 2. The van der Waals surface area contributed by atoms with Crippen LogP contribution in [0, 0.1) is 13.8 Å². The number of aliphatic imine (C=N–C) groups is 1. The maximum Gasteiger partial charge on any atom is 0.213 e. The molecule has 0 spiro atoms.